The number of nitrogens with zero attached hydrogens (tertiary/aromatic N) is 2. The van der Waals surface area contributed by atoms with Gasteiger partial charge in [-0.3, -0.25) is 0 Å². The van der Waals surface area contributed by atoms with Crippen LogP contribution in [0.4, 0.5) is 4.39 Å². The van der Waals surface area contributed by atoms with E-state index < -0.39 is 15.8 Å². The molecule has 0 aromatic heterocycles. The number of piperazine rings is 1. The third-order valence-corrected chi connectivity index (χ3v) is 5.57. The second kappa shape index (κ2) is 6.52. The summed E-state index contributed by atoms with van der Waals surface area (Å²) in [6, 6.07) is 7.28. The zero-order chi connectivity index (χ0) is 15.5. The summed E-state index contributed by atoms with van der Waals surface area (Å²) in [5.41, 5.74) is 0. The molecule has 1 aliphatic heterocycles. The van der Waals surface area contributed by atoms with Gasteiger partial charge in [0.05, 0.1) is 49.6 Å². The van der Waals surface area contributed by atoms with E-state index in [1.807, 2.05) is 6.92 Å². The molecule has 7 heteroatoms. The van der Waals surface area contributed by atoms with Crippen molar-refractivity contribution in [2.24, 2.45) is 5.92 Å². The fourth-order valence-electron chi connectivity index (χ4n) is 2.50. The van der Waals surface area contributed by atoms with E-state index in [9.17, 15) is 12.8 Å². The fraction of sp³-hybridized carbons (Fsp3) is 0.500. The highest BCUT2D eigenvalue weighted by Gasteiger charge is 2.30. The summed E-state index contributed by atoms with van der Waals surface area (Å²) in [6.45, 7) is 4.72. The molecule has 0 unspecified atom stereocenters. The van der Waals surface area contributed by atoms with Gasteiger partial charge in [-0.1, -0.05) is 6.07 Å². The van der Waals surface area contributed by atoms with E-state index in [0.717, 1.165) is 12.6 Å². The molecular formula is C14H19FN3O2S+. The summed E-state index contributed by atoms with van der Waals surface area (Å²) >= 11 is 0. The average Bonchev–Trinajstić information content (AvgIpc) is 2.47. The number of nitriles is 1. The molecule has 5 nitrogen and oxygen atoms in total. The Hall–Kier alpha value is -1.49. The minimum absolute atomic E-state index is 0.00339. The average molecular weight is 312 g/mol. The predicted molar refractivity (Wildman–Crippen MR) is 75.5 cm³/mol. The van der Waals surface area contributed by atoms with Gasteiger partial charge in [0.2, 0.25) is 10.0 Å². The van der Waals surface area contributed by atoms with Crippen molar-refractivity contribution in [2.45, 2.75) is 11.8 Å². The molecule has 0 bridgehead atoms. The van der Waals surface area contributed by atoms with Gasteiger partial charge >= 0.3 is 0 Å². The van der Waals surface area contributed by atoms with Crippen molar-refractivity contribution in [1.29, 1.82) is 5.26 Å². The molecule has 1 atom stereocenters. The van der Waals surface area contributed by atoms with Crippen molar-refractivity contribution in [3.63, 3.8) is 0 Å². The molecule has 0 radical (unpaired) electrons. The Morgan fingerprint density at radius 3 is 2.67 bits per heavy atom. The molecule has 0 amide bonds. The van der Waals surface area contributed by atoms with Crippen LogP contribution in [-0.2, 0) is 10.0 Å². The predicted octanol–water partition coefficient (Wildman–Crippen LogP) is -0.125. The Morgan fingerprint density at radius 1 is 1.43 bits per heavy atom. The normalized spacial score (nSPS) is 19.1. The van der Waals surface area contributed by atoms with Crippen LogP contribution < -0.4 is 4.90 Å². The first-order valence-corrected chi connectivity index (χ1v) is 8.36. The number of rotatable bonds is 4. The molecular weight excluding hydrogens is 293 g/mol. The highest BCUT2D eigenvalue weighted by molar-refractivity contribution is 7.89. The Kier molecular flexibility index (Phi) is 4.93. The smallest absolute Gasteiger partial charge is 0.243 e. The van der Waals surface area contributed by atoms with Crippen LogP contribution in [-0.4, -0.2) is 45.4 Å². The molecule has 0 spiro atoms. The zero-order valence-electron chi connectivity index (χ0n) is 11.9. The van der Waals surface area contributed by atoms with Gasteiger partial charge in [-0.05, 0) is 25.1 Å². The largest absolute Gasteiger partial charge is 0.332 e. The molecule has 1 N–H and O–H groups in total. The Morgan fingerprint density at radius 2 is 2.10 bits per heavy atom. The molecule has 1 aromatic rings. The highest BCUT2D eigenvalue weighted by Crippen LogP contribution is 2.16. The minimum Gasteiger partial charge on any atom is -0.332 e. The van der Waals surface area contributed by atoms with E-state index in [-0.39, 0.29) is 10.8 Å². The number of hydrogen-bond donors (Lipinski definition) is 1. The molecule has 0 saturated carbocycles. The van der Waals surface area contributed by atoms with Gasteiger partial charge < -0.3 is 4.90 Å². The van der Waals surface area contributed by atoms with Gasteiger partial charge in [0.15, 0.2) is 0 Å². The van der Waals surface area contributed by atoms with Crippen LogP contribution in [0.25, 0.3) is 0 Å². The highest BCUT2D eigenvalue weighted by atomic mass is 32.2. The van der Waals surface area contributed by atoms with Crippen molar-refractivity contribution in [3.05, 3.63) is 30.1 Å². The number of nitrogens with one attached hydrogen (secondary N) is 1. The molecule has 1 fully saturated rings. The lowest BCUT2D eigenvalue weighted by molar-refractivity contribution is -0.905. The SMILES string of the molecule is C[C@@H](C#N)C[NH+]1CCN(S(=O)(=O)c2cccc(F)c2)CC1. The molecule has 1 saturated heterocycles. The standard InChI is InChI=1S/C14H18FN3O2S/c1-12(10-16)11-17-5-7-18(8-6-17)21(19,20)14-4-2-3-13(15)9-14/h2-4,9,12H,5-8,11H2,1H3/p+1/t12-/m0/s1. The third kappa shape index (κ3) is 3.79. The summed E-state index contributed by atoms with van der Waals surface area (Å²) in [6.07, 6.45) is 0. The van der Waals surface area contributed by atoms with Crippen LogP contribution in [0.1, 0.15) is 6.92 Å². The van der Waals surface area contributed by atoms with E-state index >= 15 is 0 Å². The fourth-order valence-corrected chi connectivity index (χ4v) is 3.98. The lowest BCUT2D eigenvalue weighted by atomic mass is 10.2. The summed E-state index contributed by atoms with van der Waals surface area (Å²) in [7, 11) is -3.63. The first-order valence-electron chi connectivity index (χ1n) is 6.92. The van der Waals surface area contributed by atoms with E-state index in [1.54, 1.807) is 0 Å². The third-order valence-electron chi connectivity index (χ3n) is 3.68. The minimum atomic E-state index is -3.63. The van der Waals surface area contributed by atoms with Crippen molar-refractivity contribution in [3.8, 4) is 6.07 Å². The van der Waals surface area contributed by atoms with E-state index in [2.05, 4.69) is 6.07 Å². The van der Waals surface area contributed by atoms with Crippen LogP contribution >= 0.6 is 0 Å². The Labute approximate surface area is 124 Å². The summed E-state index contributed by atoms with van der Waals surface area (Å²) in [4.78, 5) is 1.23. The second-order valence-electron chi connectivity index (χ2n) is 5.35. The molecule has 1 aromatic carbocycles. The topological polar surface area (TPSA) is 65.6 Å². The van der Waals surface area contributed by atoms with Gasteiger partial charge in [0.25, 0.3) is 0 Å². The van der Waals surface area contributed by atoms with E-state index in [1.165, 1.54) is 27.4 Å². The maximum atomic E-state index is 13.2. The van der Waals surface area contributed by atoms with Gasteiger partial charge in [-0.2, -0.15) is 9.57 Å². The molecule has 1 aliphatic rings. The van der Waals surface area contributed by atoms with Gasteiger partial charge in [0.1, 0.15) is 5.82 Å². The van der Waals surface area contributed by atoms with Crippen molar-refractivity contribution >= 4 is 10.0 Å². The van der Waals surface area contributed by atoms with Gasteiger partial charge in [-0.25, -0.2) is 12.8 Å². The molecule has 0 aliphatic carbocycles. The van der Waals surface area contributed by atoms with Crippen molar-refractivity contribution < 1.29 is 17.7 Å². The first kappa shape index (κ1) is 15.9. The number of halogens is 1. The maximum Gasteiger partial charge on any atom is 0.243 e. The second-order valence-corrected chi connectivity index (χ2v) is 7.28. The van der Waals surface area contributed by atoms with Crippen LogP contribution in [0.5, 0.6) is 0 Å². The van der Waals surface area contributed by atoms with Crippen LogP contribution in [0.2, 0.25) is 0 Å². The first-order chi connectivity index (χ1) is 9.93. The summed E-state index contributed by atoms with van der Waals surface area (Å²) in [5, 5.41) is 8.82. The Balaban J connectivity index is 2.03. The lowest BCUT2D eigenvalue weighted by Gasteiger charge is -2.31. The van der Waals surface area contributed by atoms with E-state index in [0.29, 0.717) is 26.2 Å². The number of quaternary nitrogens is 1. The van der Waals surface area contributed by atoms with Gasteiger partial charge in [-0.15, -0.1) is 0 Å². The van der Waals surface area contributed by atoms with E-state index in [4.69, 9.17) is 5.26 Å². The molecule has 114 valence electrons. The molecule has 21 heavy (non-hydrogen) atoms. The number of sulfonamides is 1. The van der Waals surface area contributed by atoms with Crippen LogP contribution in [0.15, 0.2) is 29.2 Å². The van der Waals surface area contributed by atoms with Gasteiger partial charge in [0, 0.05) is 0 Å². The molecule has 1 heterocycles. The van der Waals surface area contributed by atoms with Crippen LogP contribution in [0, 0.1) is 23.1 Å². The quantitative estimate of drug-likeness (QED) is 0.842. The number of benzene rings is 1. The van der Waals surface area contributed by atoms with Crippen molar-refractivity contribution in [1.82, 2.24) is 4.31 Å². The molecule has 2 rings (SSSR count). The maximum absolute atomic E-state index is 13.2. The zero-order valence-corrected chi connectivity index (χ0v) is 12.7. The van der Waals surface area contributed by atoms with Crippen molar-refractivity contribution in [2.75, 3.05) is 32.7 Å². The summed E-state index contributed by atoms with van der Waals surface area (Å²) in [5.74, 6) is -0.588. The monoisotopic (exact) mass is 312 g/mol. The summed E-state index contributed by atoms with van der Waals surface area (Å²) < 4.78 is 39.4. The van der Waals surface area contributed by atoms with Crippen LogP contribution in [0.3, 0.4) is 0 Å². The Bertz CT molecular complexity index is 634. The lowest BCUT2D eigenvalue weighted by Crippen LogP contribution is -3.15. The number of hydrogen-bond acceptors (Lipinski definition) is 3.